The fourth-order valence-corrected chi connectivity index (χ4v) is 3.15. The third kappa shape index (κ3) is 5.09. The van der Waals surface area contributed by atoms with Crippen LogP contribution in [0.15, 0.2) is 53.7 Å². The summed E-state index contributed by atoms with van der Waals surface area (Å²) < 4.78 is 17.5. The molecule has 0 atom stereocenters. The van der Waals surface area contributed by atoms with Gasteiger partial charge < -0.3 is 24.5 Å². The van der Waals surface area contributed by atoms with Gasteiger partial charge in [0, 0.05) is 18.3 Å². The Morgan fingerprint density at radius 2 is 2.06 bits per heavy atom. The molecule has 11 nitrogen and oxygen atoms in total. The fourth-order valence-electron chi connectivity index (χ4n) is 3.15. The van der Waals surface area contributed by atoms with Gasteiger partial charge in [-0.15, -0.1) is 0 Å². The Balaban J connectivity index is 1.35. The van der Waals surface area contributed by atoms with E-state index in [0.29, 0.717) is 42.1 Å². The van der Waals surface area contributed by atoms with Crippen LogP contribution in [0.3, 0.4) is 0 Å². The highest BCUT2D eigenvalue weighted by Crippen LogP contribution is 2.25. The van der Waals surface area contributed by atoms with Crippen molar-refractivity contribution in [3.63, 3.8) is 0 Å². The van der Waals surface area contributed by atoms with E-state index in [9.17, 15) is 4.79 Å². The molecule has 1 amide bonds. The molecule has 3 heterocycles. The van der Waals surface area contributed by atoms with Gasteiger partial charge in [0.25, 0.3) is 11.8 Å². The first-order chi connectivity index (χ1) is 16.1. The molecule has 170 valence electrons. The number of anilines is 2. The molecular formula is C22H23N7O4. The van der Waals surface area contributed by atoms with Gasteiger partial charge in [0.2, 0.25) is 5.95 Å². The van der Waals surface area contributed by atoms with Gasteiger partial charge in [-0.3, -0.25) is 9.48 Å². The summed E-state index contributed by atoms with van der Waals surface area (Å²) in [5, 5.41) is 10.2. The zero-order valence-electron chi connectivity index (χ0n) is 18.4. The number of nitrogens with zero attached hydrogens (tertiary/aromatic N) is 5. The maximum Gasteiger partial charge on any atom is 0.278 e. The Kier molecular flexibility index (Phi) is 6.48. The van der Waals surface area contributed by atoms with Crippen LogP contribution in [0.5, 0.6) is 11.6 Å². The van der Waals surface area contributed by atoms with Gasteiger partial charge in [-0.05, 0) is 13.0 Å². The molecule has 2 N–H and O–H groups in total. The van der Waals surface area contributed by atoms with Crippen molar-refractivity contribution >= 4 is 17.5 Å². The Hall–Kier alpha value is -4.41. The van der Waals surface area contributed by atoms with Crippen molar-refractivity contribution in [2.24, 2.45) is 0 Å². The van der Waals surface area contributed by atoms with E-state index in [1.807, 2.05) is 31.2 Å². The Morgan fingerprint density at radius 3 is 2.85 bits per heavy atom. The first-order valence-electron chi connectivity index (χ1n) is 10.1. The van der Waals surface area contributed by atoms with Gasteiger partial charge in [-0.25, -0.2) is 9.97 Å². The van der Waals surface area contributed by atoms with Gasteiger partial charge >= 0.3 is 0 Å². The van der Waals surface area contributed by atoms with Gasteiger partial charge in [0.15, 0.2) is 23.6 Å². The monoisotopic (exact) mass is 449 g/mol. The predicted octanol–water partition coefficient (Wildman–Crippen LogP) is 3.02. The van der Waals surface area contributed by atoms with E-state index in [0.717, 1.165) is 11.1 Å². The Bertz CT molecular complexity index is 1250. The van der Waals surface area contributed by atoms with E-state index in [1.165, 1.54) is 26.8 Å². The van der Waals surface area contributed by atoms with Crippen molar-refractivity contribution < 1.29 is 18.7 Å². The summed E-state index contributed by atoms with van der Waals surface area (Å²) in [6.07, 6.45) is 6.08. The number of carbonyl (C=O) groups is 1. The normalized spacial score (nSPS) is 10.6. The summed E-state index contributed by atoms with van der Waals surface area (Å²) in [5.74, 6) is 1.24. The van der Waals surface area contributed by atoms with Crippen LogP contribution < -0.4 is 20.1 Å². The number of oxazole rings is 1. The molecule has 0 spiro atoms. The van der Waals surface area contributed by atoms with E-state index in [1.54, 1.807) is 17.1 Å². The van der Waals surface area contributed by atoms with Gasteiger partial charge in [0.1, 0.15) is 0 Å². The van der Waals surface area contributed by atoms with Crippen molar-refractivity contribution in [1.82, 2.24) is 24.7 Å². The highest BCUT2D eigenvalue weighted by molar-refractivity contribution is 6.06. The highest BCUT2D eigenvalue weighted by Gasteiger charge is 2.19. The number of ether oxygens (including phenoxy) is 2. The van der Waals surface area contributed by atoms with Crippen LogP contribution in [-0.2, 0) is 6.54 Å². The molecule has 0 aliphatic heterocycles. The van der Waals surface area contributed by atoms with Gasteiger partial charge in [-0.1, -0.05) is 23.8 Å². The molecule has 0 radical (unpaired) electrons. The van der Waals surface area contributed by atoms with E-state index < -0.39 is 0 Å². The molecule has 11 heteroatoms. The van der Waals surface area contributed by atoms with E-state index in [-0.39, 0.29) is 11.6 Å². The molecule has 0 bridgehead atoms. The lowest BCUT2D eigenvalue weighted by Gasteiger charge is -2.09. The number of methoxy groups -OCH3 is 2. The minimum absolute atomic E-state index is 0.209. The molecule has 4 rings (SSSR count). The molecule has 0 aliphatic rings. The van der Waals surface area contributed by atoms with Crippen LogP contribution in [0.1, 0.15) is 16.1 Å². The molecular weight excluding hydrogens is 426 g/mol. The minimum atomic E-state index is -0.378. The molecule has 3 aromatic heterocycles. The molecule has 0 aliphatic carbocycles. The average molecular weight is 449 g/mol. The zero-order valence-corrected chi connectivity index (χ0v) is 18.4. The summed E-state index contributed by atoms with van der Waals surface area (Å²) in [6.45, 7) is 3.00. The molecule has 0 saturated carbocycles. The minimum Gasteiger partial charge on any atom is -0.490 e. The van der Waals surface area contributed by atoms with Gasteiger partial charge in [-0.2, -0.15) is 10.1 Å². The lowest BCUT2D eigenvalue weighted by atomic mass is 10.1. The van der Waals surface area contributed by atoms with Crippen molar-refractivity contribution in [3.8, 4) is 23.0 Å². The summed E-state index contributed by atoms with van der Waals surface area (Å²) >= 11 is 0. The second-order valence-corrected chi connectivity index (χ2v) is 7.04. The topological polar surface area (TPSA) is 129 Å². The average Bonchev–Trinajstić information content (AvgIpc) is 3.49. The van der Waals surface area contributed by atoms with Crippen LogP contribution >= 0.6 is 0 Å². The van der Waals surface area contributed by atoms with Crippen LogP contribution in [-0.4, -0.2) is 51.4 Å². The number of amides is 1. The largest absolute Gasteiger partial charge is 0.490 e. The first kappa shape index (κ1) is 21.8. The number of hydrogen-bond acceptors (Lipinski definition) is 9. The van der Waals surface area contributed by atoms with E-state index in [4.69, 9.17) is 13.9 Å². The smallest absolute Gasteiger partial charge is 0.278 e. The summed E-state index contributed by atoms with van der Waals surface area (Å²) in [6, 6.07) is 7.68. The first-order valence-corrected chi connectivity index (χ1v) is 10.1. The summed E-state index contributed by atoms with van der Waals surface area (Å²) in [7, 11) is 3.03. The third-order valence-corrected chi connectivity index (χ3v) is 4.71. The number of hydrogen-bond donors (Lipinski definition) is 2. The lowest BCUT2D eigenvalue weighted by molar-refractivity contribution is 0.102. The molecule has 4 aromatic rings. The highest BCUT2D eigenvalue weighted by atomic mass is 16.5. The third-order valence-electron chi connectivity index (χ3n) is 4.71. The SMILES string of the molecule is COc1cnc(NCCn2cc(NC(=O)c3ncoc3-c3cccc(C)c3)cn2)nc1OC. The Morgan fingerprint density at radius 1 is 1.18 bits per heavy atom. The number of rotatable bonds is 9. The summed E-state index contributed by atoms with van der Waals surface area (Å²) in [5.41, 5.74) is 2.60. The zero-order chi connectivity index (χ0) is 23.2. The maximum atomic E-state index is 12.8. The van der Waals surface area contributed by atoms with Gasteiger partial charge in [0.05, 0.1) is 38.8 Å². The number of aromatic nitrogens is 5. The number of carbonyl (C=O) groups excluding carboxylic acids is 1. The van der Waals surface area contributed by atoms with Crippen LogP contribution in [0, 0.1) is 6.92 Å². The van der Waals surface area contributed by atoms with E-state index in [2.05, 4.69) is 30.7 Å². The van der Waals surface area contributed by atoms with E-state index >= 15 is 0 Å². The maximum absolute atomic E-state index is 12.8. The molecule has 0 saturated heterocycles. The predicted molar refractivity (Wildman–Crippen MR) is 120 cm³/mol. The number of aryl methyl sites for hydroxylation is 1. The second kappa shape index (κ2) is 9.81. The summed E-state index contributed by atoms with van der Waals surface area (Å²) in [4.78, 5) is 25.2. The molecule has 0 unspecified atom stereocenters. The number of benzene rings is 1. The van der Waals surface area contributed by atoms with Crippen LogP contribution in [0.2, 0.25) is 0 Å². The van der Waals surface area contributed by atoms with Crippen molar-refractivity contribution in [2.75, 3.05) is 31.4 Å². The second-order valence-electron chi connectivity index (χ2n) is 7.04. The fraction of sp³-hybridized carbons (Fsp3) is 0.227. The number of nitrogens with one attached hydrogen (secondary N) is 2. The standard InChI is InChI=1S/C22H23N7O4/c1-14-5-4-6-15(9-14)19-18(25-13-33-19)20(30)27-16-10-26-29(12-16)8-7-23-22-24-11-17(31-2)21(28-22)32-3/h4-6,9-13H,7-8H2,1-3H3,(H,27,30)(H,23,24,28). The van der Waals surface area contributed by atoms with Crippen molar-refractivity contribution in [3.05, 3.63) is 60.5 Å². The molecule has 1 aromatic carbocycles. The lowest BCUT2D eigenvalue weighted by Crippen LogP contribution is -2.14. The molecule has 33 heavy (non-hydrogen) atoms. The quantitative estimate of drug-likeness (QED) is 0.396. The van der Waals surface area contributed by atoms with Crippen molar-refractivity contribution in [1.29, 1.82) is 0 Å². The molecule has 0 fully saturated rings. The Labute approximate surface area is 189 Å². The van der Waals surface area contributed by atoms with Crippen LogP contribution in [0.25, 0.3) is 11.3 Å². The van der Waals surface area contributed by atoms with Crippen molar-refractivity contribution in [2.45, 2.75) is 13.5 Å². The van der Waals surface area contributed by atoms with Crippen LogP contribution in [0.4, 0.5) is 11.6 Å².